The fraction of sp³-hybridized carbons (Fsp3) is 0.500. The summed E-state index contributed by atoms with van der Waals surface area (Å²) in [6, 6.07) is 2.38. The maximum atomic E-state index is 10.4. The third-order valence-corrected chi connectivity index (χ3v) is 3.83. The van der Waals surface area contributed by atoms with Crippen LogP contribution in [0.1, 0.15) is 17.8 Å². The lowest BCUT2D eigenvalue weighted by Gasteiger charge is -2.11. The minimum atomic E-state index is -0.435. The van der Waals surface area contributed by atoms with Gasteiger partial charge in [-0.15, -0.1) is 11.3 Å². The molecule has 1 aromatic rings. The minimum absolute atomic E-state index is 0.0133. The van der Waals surface area contributed by atoms with Gasteiger partial charge in [-0.25, -0.2) is 0 Å². The second kappa shape index (κ2) is 7.01. The fourth-order valence-electron chi connectivity index (χ4n) is 1.18. The van der Waals surface area contributed by atoms with Crippen molar-refractivity contribution in [1.29, 1.82) is 0 Å². The van der Waals surface area contributed by atoms with Crippen molar-refractivity contribution < 1.29 is 9.53 Å². The molecule has 1 rings (SSSR count). The van der Waals surface area contributed by atoms with Crippen LogP contribution in [0.15, 0.2) is 15.9 Å². The monoisotopic (exact) mass is 306 g/mol. The Labute approximate surface area is 107 Å². The minimum Gasteiger partial charge on any atom is -0.370 e. The zero-order valence-corrected chi connectivity index (χ0v) is 11.4. The highest BCUT2D eigenvalue weighted by molar-refractivity contribution is 9.10. The molecule has 6 heteroatoms. The molecular weight excluding hydrogens is 292 g/mol. The summed E-state index contributed by atoms with van der Waals surface area (Å²) in [4.78, 5) is 11.7. The largest absolute Gasteiger partial charge is 0.370 e. The van der Waals surface area contributed by atoms with Gasteiger partial charge in [0, 0.05) is 27.3 Å². The lowest BCUT2D eigenvalue weighted by molar-refractivity contribution is -0.122. The highest BCUT2D eigenvalue weighted by Gasteiger charge is 2.06. The molecule has 0 saturated carbocycles. The molecule has 0 fully saturated rings. The van der Waals surface area contributed by atoms with Crippen LogP contribution in [-0.2, 0) is 9.53 Å². The van der Waals surface area contributed by atoms with Gasteiger partial charge >= 0.3 is 0 Å². The first-order chi connectivity index (χ1) is 7.59. The van der Waals surface area contributed by atoms with E-state index in [9.17, 15) is 4.79 Å². The molecule has 16 heavy (non-hydrogen) atoms. The first-order valence-electron chi connectivity index (χ1n) is 4.93. The Bertz CT molecular complexity index is 343. The van der Waals surface area contributed by atoms with E-state index in [0.717, 1.165) is 4.47 Å². The molecule has 0 spiro atoms. The molecule has 0 aromatic carbocycles. The van der Waals surface area contributed by atoms with Gasteiger partial charge < -0.3 is 15.8 Å². The van der Waals surface area contributed by atoms with E-state index in [1.54, 1.807) is 11.3 Å². The zero-order chi connectivity index (χ0) is 12.0. The fourth-order valence-corrected chi connectivity index (χ4v) is 2.65. The van der Waals surface area contributed by atoms with Gasteiger partial charge in [0.15, 0.2) is 0 Å². The Morgan fingerprint density at radius 3 is 3.06 bits per heavy atom. The maximum absolute atomic E-state index is 10.4. The zero-order valence-electron chi connectivity index (χ0n) is 9.03. The second-order valence-electron chi connectivity index (χ2n) is 3.36. The van der Waals surface area contributed by atoms with Crippen molar-refractivity contribution in [3.05, 3.63) is 20.8 Å². The van der Waals surface area contributed by atoms with Gasteiger partial charge in [-0.3, -0.25) is 4.79 Å². The normalized spacial score (nSPS) is 12.6. The highest BCUT2D eigenvalue weighted by atomic mass is 79.9. The van der Waals surface area contributed by atoms with Crippen LogP contribution in [0.2, 0.25) is 0 Å². The number of primary amides is 1. The third-order valence-electron chi connectivity index (χ3n) is 1.96. The lowest BCUT2D eigenvalue weighted by Crippen LogP contribution is -2.25. The Morgan fingerprint density at radius 1 is 1.75 bits per heavy atom. The Balaban J connectivity index is 2.15. The number of amides is 1. The van der Waals surface area contributed by atoms with E-state index in [4.69, 9.17) is 10.5 Å². The summed E-state index contributed by atoms with van der Waals surface area (Å²) in [5.41, 5.74) is 4.94. The first-order valence-corrected chi connectivity index (χ1v) is 6.60. The molecule has 0 aliphatic heterocycles. The standard InChI is InChI=1S/C10H15BrN2O2S/c1-7(9-4-8(11)6-16-9)13-2-3-15-5-10(12)14/h4,6-7,13H,2-3,5H2,1H3,(H2,12,14). The Hall–Kier alpha value is -0.430. The average molecular weight is 307 g/mol. The van der Waals surface area contributed by atoms with E-state index in [1.165, 1.54) is 4.88 Å². The Morgan fingerprint density at radius 2 is 2.50 bits per heavy atom. The number of rotatable bonds is 7. The lowest BCUT2D eigenvalue weighted by atomic mass is 10.3. The molecule has 3 N–H and O–H groups in total. The highest BCUT2D eigenvalue weighted by Crippen LogP contribution is 2.24. The molecule has 0 radical (unpaired) electrons. The summed E-state index contributed by atoms with van der Waals surface area (Å²) in [6.07, 6.45) is 0. The molecule has 1 amide bonds. The maximum Gasteiger partial charge on any atom is 0.243 e. The van der Waals surface area contributed by atoms with Gasteiger partial charge in [0.25, 0.3) is 0 Å². The molecule has 0 aliphatic carbocycles. The van der Waals surface area contributed by atoms with Gasteiger partial charge in [0.05, 0.1) is 6.61 Å². The third kappa shape index (κ3) is 5.07. The van der Waals surface area contributed by atoms with Crippen LogP contribution in [0.25, 0.3) is 0 Å². The average Bonchev–Trinajstić information content (AvgIpc) is 2.63. The van der Waals surface area contributed by atoms with Gasteiger partial charge in [-0.05, 0) is 28.9 Å². The summed E-state index contributed by atoms with van der Waals surface area (Å²) in [5, 5.41) is 5.35. The van der Waals surface area contributed by atoms with E-state index in [2.05, 4.69) is 39.6 Å². The molecule has 1 heterocycles. The molecule has 0 aliphatic rings. The van der Waals surface area contributed by atoms with Crippen molar-refractivity contribution >= 4 is 33.2 Å². The molecule has 1 aromatic heterocycles. The van der Waals surface area contributed by atoms with Gasteiger partial charge in [0.2, 0.25) is 5.91 Å². The number of halogens is 1. The second-order valence-corrected chi connectivity index (χ2v) is 5.22. The van der Waals surface area contributed by atoms with Gasteiger partial charge in [-0.2, -0.15) is 0 Å². The molecular formula is C10H15BrN2O2S. The van der Waals surface area contributed by atoms with Crippen molar-refractivity contribution in [1.82, 2.24) is 5.32 Å². The van der Waals surface area contributed by atoms with E-state index < -0.39 is 5.91 Å². The number of carbonyl (C=O) groups is 1. The number of thiophene rings is 1. The predicted molar refractivity (Wildman–Crippen MR) is 68.5 cm³/mol. The van der Waals surface area contributed by atoms with Crippen molar-refractivity contribution in [2.45, 2.75) is 13.0 Å². The number of hydrogen-bond donors (Lipinski definition) is 2. The summed E-state index contributed by atoms with van der Waals surface area (Å²) in [7, 11) is 0. The van der Waals surface area contributed by atoms with E-state index in [-0.39, 0.29) is 12.6 Å². The SMILES string of the molecule is CC(NCCOCC(N)=O)c1cc(Br)cs1. The molecule has 0 bridgehead atoms. The van der Waals surface area contributed by atoms with Crippen LogP contribution in [-0.4, -0.2) is 25.7 Å². The topological polar surface area (TPSA) is 64.3 Å². The van der Waals surface area contributed by atoms with Crippen LogP contribution in [0.4, 0.5) is 0 Å². The number of nitrogens with one attached hydrogen (secondary N) is 1. The van der Waals surface area contributed by atoms with E-state index >= 15 is 0 Å². The van der Waals surface area contributed by atoms with Crippen molar-refractivity contribution in [3.8, 4) is 0 Å². The van der Waals surface area contributed by atoms with Crippen molar-refractivity contribution in [2.24, 2.45) is 5.73 Å². The first kappa shape index (κ1) is 13.6. The summed E-state index contributed by atoms with van der Waals surface area (Å²) < 4.78 is 6.15. The number of nitrogens with two attached hydrogens (primary N) is 1. The van der Waals surface area contributed by atoms with Crippen LogP contribution in [0, 0.1) is 0 Å². The van der Waals surface area contributed by atoms with Crippen molar-refractivity contribution in [2.75, 3.05) is 19.8 Å². The number of hydrogen-bond acceptors (Lipinski definition) is 4. The molecule has 90 valence electrons. The van der Waals surface area contributed by atoms with E-state index in [1.807, 2.05) is 0 Å². The van der Waals surface area contributed by atoms with Crippen molar-refractivity contribution in [3.63, 3.8) is 0 Å². The van der Waals surface area contributed by atoms with Gasteiger partial charge in [0.1, 0.15) is 6.61 Å². The van der Waals surface area contributed by atoms with Crippen LogP contribution in [0.5, 0.6) is 0 Å². The summed E-state index contributed by atoms with van der Waals surface area (Å²) in [5.74, 6) is -0.435. The van der Waals surface area contributed by atoms with Gasteiger partial charge in [-0.1, -0.05) is 0 Å². The Kier molecular flexibility index (Phi) is 5.97. The summed E-state index contributed by atoms with van der Waals surface area (Å²) in [6.45, 7) is 3.26. The quantitative estimate of drug-likeness (QED) is 0.753. The smallest absolute Gasteiger partial charge is 0.243 e. The molecule has 1 unspecified atom stereocenters. The number of ether oxygens (including phenoxy) is 1. The van der Waals surface area contributed by atoms with Crippen LogP contribution in [0.3, 0.4) is 0 Å². The molecule has 4 nitrogen and oxygen atoms in total. The van der Waals surface area contributed by atoms with Crippen LogP contribution >= 0.6 is 27.3 Å². The molecule has 1 atom stereocenters. The van der Waals surface area contributed by atoms with Crippen LogP contribution < -0.4 is 11.1 Å². The molecule has 0 saturated heterocycles. The summed E-state index contributed by atoms with van der Waals surface area (Å²) >= 11 is 5.12. The predicted octanol–water partition coefficient (Wildman–Crippen LogP) is 1.66. The van der Waals surface area contributed by atoms with E-state index in [0.29, 0.717) is 13.2 Å². The number of carbonyl (C=O) groups excluding carboxylic acids is 1.